The number of likely N-dealkylation sites (tertiary alicyclic amines) is 1. The van der Waals surface area contributed by atoms with Crippen molar-refractivity contribution in [3.05, 3.63) is 72.3 Å². The third-order valence-corrected chi connectivity index (χ3v) is 7.11. The number of allylic oxidation sites excluding steroid dienone is 1. The molecule has 0 radical (unpaired) electrons. The van der Waals surface area contributed by atoms with E-state index in [0.29, 0.717) is 12.8 Å². The van der Waals surface area contributed by atoms with Crippen LogP contribution in [0.15, 0.2) is 61.2 Å². The lowest BCUT2D eigenvalue weighted by molar-refractivity contribution is -0.167. The SMILES string of the molecule is C=CCC1(C(=O)O)CN(C(=O)C(CCC)CNC(=O)OCC2c3ccccc3-c3ccccc32)C1. The first-order chi connectivity index (χ1) is 16.9. The quantitative estimate of drug-likeness (QED) is 0.495. The van der Waals surface area contributed by atoms with Crippen molar-refractivity contribution in [2.75, 3.05) is 26.2 Å². The molecule has 0 aromatic heterocycles. The largest absolute Gasteiger partial charge is 0.481 e. The Kier molecular flexibility index (Phi) is 7.24. The molecule has 1 atom stereocenters. The number of benzene rings is 2. The first-order valence-corrected chi connectivity index (χ1v) is 12.1. The summed E-state index contributed by atoms with van der Waals surface area (Å²) >= 11 is 0. The standard InChI is InChI=1S/C28H32N2O5/c1-3-9-19(25(31)30-17-28(18-30,14-4-2)26(32)33)15-29-27(34)35-16-24-22-12-7-5-10-20(22)21-11-6-8-13-23(21)24/h4-8,10-13,19,24H,2-3,9,14-18H2,1H3,(H,29,34)(H,32,33). The second-order valence-corrected chi connectivity index (χ2v) is 9.46. The molecule has 1 aliphatic carbocycles. The Morgan fingerprint density at radius 3 is 2.29 bits per heavy atom. The van der Waals surface area contributed by atoms with Crippen LogP contribution in [0.4, 0.5) is 4.79 Å². The normalized spacial score (nSPS) is 16.4. The van der Waals surface area contributed by atoms with Gasteiger partial charge in [0.15, 0.2) is 0 Å². The fourth-order valence-electron chi connectivity index (χ4n) is 5.24. The number of nitrogens with zero attached hydrogens (tertiary/aromatic N) is 1. The van der Waals surface area contributed by atoms with Crippen LogP contribution in [0.2, 0.25) is 0 Å². The molecule has 35 heavy (non-hydrogen) atoms. The van der Waals surface area contributed by atoms with Gasteiger partial charge < -0.3 is 20.1 Å². The highest BCUT2D eigenvalue weighted by atomic mass is 16.5. The predicted molar refractivity (Wildman–Crippen MR) is 133 cm³/mol. The minimum atomic E-state index is -0.950. The highest BCUT2D eigenvalue weighted by Crippen LogP contribution is 2.44. The summed E-state index contributed by atoms with van der Waals surface area (Å²) in [6, 6.07) is 16.3. The molecule has 4 rings (SSSR count). The molecule has 0 spiro atoms. The summed E-state index contributed by atoms with van der Waals surface area (Å²) in [5, 5.41) is 12.3. The van der Waals surface area contributed by atoms with Gasteiger partial charge in [-0.15, -0.1) is 6.58 Å². The summed E-state index contributed by atoms with van der Waals surface area (Å²) in [7, 11) is 0. The van der Waals surface area contributed by atoms with Gasteiger partial charge in [0.1, 0.15) is 12.0 Å². The predicted octanol–water partition coefficient (Wildman–Crippen LogP) is 4.43. The Bertz CT molecular complexity index is 1080. The molecule has 1 fully saturated rings. The Balaban J connectivity index is 1.32. The topological polar surface area (TPSA) is 95.9 Å². The zero-order chi connectivity index (χ0) is 25.0. The lowest BCUT2D eigenvalue weighted by atomic mass is 9.76. The zero-order valence-electron chi connectivity index (χ0n) is 20.0. The number of carbonyl (C=O) groups is 3. The lowest BCUT2D eigenvalue weighted by Gasteiger charge is -2.47. The van der Waals surface area contributed by atoms with Crippen molar-refractivity contribution in [2.45, 2.75) is 32.1 Å². The van der Waals surface area contributed by atoms with Crippen LogP contribution in [-0.4, -0.2) is 54.2 Å². The van der Waals surface area contributed by atoms with Crippen LogP contribution in [0.3, 0.4) is 0 Å². The fraction of sp³-hybridized carbons (Fsp3) is 0.393. The highest BCUT2D eigenvalue weighted by Gasteiger charge is 2.51. The maximum Gasteiger partial charge on any atom is 0.407 e. The van der Waals surface area contributed by atoms with E-state index in [0.717, 1.165) is 28.7 Å². The van der Waals surface area contributed by atoms with Crippen molar-refractivity contribution < 1.29 is 24.2 Å². The van der Waals surface area contributed by atoms with Gasteiger partial charge >= 0.3 is 12.1 Å². The van der Waals surface area contributed by atoms with Crippen LogP contribution in [0.1, 0.15) is 43.2 Å². The second-order valence-electron chi connectivity index (χ2n) is 9.46. The maximum atomic E-state index is 13.0. The highest BCUT2D eigenvalue weighted by molar-refractivity contribution is 5.85. The number of carboxylic acids is 1. The Morgan fingerprint density at radius 2 is 1.74 bits per heavy atom. The number of nitrogens with one attached hydrogen (secondary N) is 1. The maximum absolute atomic E-state index is 13.0. The summed E-state index contributed by atoms with van der Waals surface area (Å²) in [6.45, 7) is 6.30. The molecule has 0 bridgehead atoms. The number of alkyl carbamates (subject to hydrolysis) is 1. The Labute approximate surface area is 205 Å². The summed E-state index contributed by atoms with van der Waals surface area (Å²) < 4.78 is 5.58. The van der Waals surface area contributed by atoms with E-state index in [1.807, 2.05) is 31.2 Å². The van der Waals surface area contributed by atoms with Gasteiger partial charge in [0, 0.05) is 25.6 Å². The third kappa shape index (κ3) is 4.81. The average Bonchev–Trinajstić information content (AvgIpc) is 3.15. The summed E-state index contributed by atoms with van der Waals surface area (Å²) in [5.74, 6) is -1.50. The van der Waals surface area contributed by atoms with Crippen molar-refractivity contribution >= 4 is 18.0 Å². The second kappa shape index (κ2) is 10.3. The molecule has 2 amide bonds. The molecular weight excluding hydrogens is 444 g/mol. The number of hydrogen-bond acceptors (Lipinski definition) is 4. The van der Waals surface area contributed by atoms with Crippen molar-refractivity contribution in [1.82, 2.24) is 10.2 Å². The number of rotatable bonds is 10. The van der Waals surface area contributed by atoms with Gasteiger partial charge in [-0.3, -0.25) is 9.59 Å². The molecule has 7 heteroatoms. The number of amides is 2. The van der Waals surface area contributed by atoms with Crippen LogP contribution < -0.4 is 5.32 Å². The molecule has 2 aromatic carbocycles. The smallest absolute Gasteiger partial charge is 0.407 e. The molecule has 1 saturated heterocycles. The summed E-state index contributed by atoms with van der Waals surface area (Å²) in [6.07, 6.45) is 2.71. The molecule has 1 heterocycles. The first kappa shape index (κ1) is 24.5. The van der Waals surface area contributed by atoms with E-state index in [1.165, 1.54) is 0 Å². The molecule has 2 N–H and O–H groups in total. The summed E-state index contributed by atoms with van der Waals surface area (Å²) in [4.78, 5) is 38.8. The molecule has 184 valence electrons. The van der Waals surface area contributed by atoms with Crippen molar-refractivity contribution in [1.29, 1.82) is 0 Å². The van der Waals surface area contributed by atoms with Gasteiger partial charge in [0.25, 0.3) is 0 Å². The van der Waals surface area contributed by atoms with Crippen molar-refractivity contribution in [2.24, 2.45) is 11.3 Å². The number of carbonyl (C=O) groups excluding carboxylic acids is 2. The minimum Gasteiger partial charge on any atom is -0.481 e. The minimum absolute atomic E-state index is 0.0312. The Hall–Kier alpha value is -3.61. The molecule has 2 aliphatic rings. The van der Waals surface area contributed by atoms with Gasteiger partial charge in [-0.05, 0) is 35.1 Å². The van der Waals surface area contributed by atoms with Crippen molar-refractivity contribution in [3.8, 4) is 11.1 Å². The number of fused-ring (bicyclic) bond motifs is 3. The van der Waals surface area contributed by atoms with E-state index >= 15 is 0 Å². The zero-order valence-corrected chi connectivity index (χ0v) is 20.0. The first-order valence-electron chi connectivity index (χ1n) is 12.1. The van der Waals surface area contributed by atoms with Gasteiger partial charge in [-0.2, -0.15) is 0 Å². The van der Waals surface area contributed by atoms with Crippen LogP contribution in [0.5, 0.6) is 0 Å². The van der Waals surface area contributed by atoms with E-state index in [4.69, 9.17) is 4.74 Å². The Morgan fingerprint density at radius 1 is 1.14 bits per heavy atom. The monoisotopic (exact) mass is 476 g/mol. The number of aliphatic carboxylic acids is 1. The van der Waals surface area contributed by atoms with Crippen LogP contribution >= 0.6 is 0 Å². The van der Waals surface area contributed by atoms with Gasteiger partial charge in [-0.25, -0.2) is 4.79 Å². The van der Waals surface area contributed by atoms with E-state index in [-0.39, 0.29) is 38.1 Å². The van der Waals surface area contributed by atoms with Crippen molar-refractivity contribution in [3.63, 3.8) is 0 Å². The fourth-order valence-corrected chi connectivity index (χ4v) is 5.24. The lowest BCUT2D eigenvalue weighted by Crippen LogP contribution is -2.63. The number of ether oxygens (including phenoxy) is 1. The molecule has 7 nitrogen and oxygen atoms in total. The van der Waals surface area contributed by atoms with Gasteiger partial charge in [0.05, 0.1) is 5.92 Å². The van der Waals surface area contributed by atoms with Crippen LogP contribution in [0, 0.1) is 11.3 Å². The molecule has 0 saturated carbocycles. The van der Waals surface area contributed by atoms with Crippen LogP contribution in [0.25, 0.3) is 11.1 Å². The molecule has 1 aliphatic heterocycles. The van der Waals surface area contributed by atoms with E-state index in [9.17, 15) is 19.5 Å². The molecule has 2 aromatic rings. The van der Waals surface area contributed by atoms with E-state index < -0.39 is 23.4 Å². The van der Waals surface area contributed by atoms with E-state index in [1.54, 1.807) is 11.0 Å². The van der Waals surface area contributed by atoms with Gasteiger partial charge in [-0.1, -0.05) is 68.0 Å². The van der Waals surface area contributed by atoms with Crippen LogP contribution in [-0.2, 0) is 14.3 Å². The third-order valence-electron chi connectivity index (χ3n) is 7.11. The van der Waals surface area contributed by atoms with Gasteiger partial charge in [0.2, 0.25) is 5.91 Å². The molecular formula is C28H32N2O5. The summed E-state index contributed by atoms with van der Waals surface area (Å²) in [5.41, 5.74) is 3.65. The average molecular weight is 477 g/mol. The number of hydrogen-bond donors (Lipinski definition) is 2. The molecule has 1 unspecified atom stereocenters. The van der Waals surface area contributed by atoms with E-state index in [2.05, 4.69) is 36.2 Å². The number of carboxylic acid groups (broad SMARTS) is 1.